The van der Waals surface area contributed by atoms with Crippen LogP contribution < -0.4 is 11.0 Å². The first kappa shape index (κ1) is 18.5. The average molecular weight is 339 g/mol. The number of amides is 1. The lowest BCUT2D eigenvalue weighted by Gasteiger charge is -2.43. The minimum atomic E-state index is -0.507. The highest BCUT2D eigenvalue weighted by molar-refractivity contribution is 5.67. The maximum absolute atomic E-state index is 11.9. The summed E-state index contributed by atoms with van der Waals surface area (Å²) in [6.45, 7) is 11.0. The quantitative estimate of drug-likeness (QED) is 0.773. The Balaban J connectivity index is 1.99. The van der Waals surface area contributed by atoms with Gasteiger partial charge in [0.05, 0.1) is 6.54 Å². The lowest BCUT2D eigenvalue weighted by molar-refractivity contribution is 0.0335. The van der Waals surface area contributed by atoms with E-state index in [1.165, 1.54) is 0 Å². The van der Waals surface area contributed by atoms with Crippen LogP contribution in [0.1, 0.15) is 53.3 Å². The van der Waals surface area contributed by atoms with Crippen molar-refractivity contribution in [3.8, 4) is 0 Å². The van der Waals surface area contributed by atoms with Crippen LogP contribution in [0.3, 0.4) is 0 Å². The van der Waals surface area contributed by atoms with E-state index >= 15 is 0 Å². The fourth-order valence-corrected chi connectivity index (χ4v) is 3.08. The molecule has 3 atom stereocenters. The first-order chi connectivity index (χ1) is 11.2. The van der Waals surface area contributed by atoms with Gasteiger partial charge in [0.2, 0.25) is 0 Å². The molecule has 0 spiro atoms. The number of piperidine rings is 1. The lowest BCUT2D eigenvalue weighted by atomic mass is 9.87. The van der Waals surface area contributed by atoms with Gasteiger partial charge >= 0.3 is 11.8 Å². The molecule has 0 aromatic carbocycles. The van der Waals surface area contributed by atoms with Gasteiger partial charge in [-0.2, -0.15) is 5.10 Å². The van der Waals surface area contributed by atoms with Gasteiger partial charge in [-0.1, -0.05) is 6.92 Å². The van der Waals surface area contributed by atoms with Gasteiger partial charge in [0.1, 0.15) is 11.4 Å². The largest absolute Gasteiger partial charge is 0.444 e. The maximum atomic E-state index is 11.9. The third-order valence-corrected chi connectivity index (χ3v) is 4.53. The van der Waals surface area contributed by atoms with Crippen molar-refractivity contribution in [3.63, 3.8) is 0 Å². The highest BCUT2D eigenvalue weighted by Crippen LogP contribution is 2.28. The molecule has 2 rings (SSSR count). The first-order valence-electron chi connectivity index (χ1n) is 8.52. The van der Waals surface area contributed by atoms with Gasteiger partial charge in [0.25, 0.3) is 0 Å². The second kappa shape index (κ2) is 7.38. The highest BCUT2D eigenvalue weighted by Gasteiger charge is 2.33. The molecule has 0 radical (unpaired) electrons. The summed E-state index contributed by atoms with van der Waals surface area (Å²) >= 11 is 0. The molecule has 0 bridgehead atoms. The molecule has 0 saturated carbocycles. The minimum absolute atomic E-state index is 0.184. The van der Waals surface area contributed by atoms with Crippen LogP contribution in [-0.2, 0) is 11.3 Å². The Bertz CT molecular complexity index is 603. The normalized spacial score (nSPS) is 25.5. The molecule has 1 amide bonds. The van der Waals surface area contributed by atoms with Crippen LogP contribution in [0.15, 0.2) is 4.79 Å². The fraction of sp³-hybridized carbons (Fsp3) is 0.812. The Morgan fingerprint density at radius 1 is 1.38 bits per heavy atom. The van der Waals surface area contributed by atoms with E-state index in [9.17, 15) is 9.59 Å². The molecule has 136 valence electrons. The van der Waals surface area contributed by atoms with Gasteiger partial charge in [0, 0.05) is 18.6 Å². The van der Waals surface area contributed by atoms with Gasteiger partial charge in [-0.25, -0.2) is 14.7 Å². The third-order valence-electron chi connectivity index (χ3n) is 4.53. The number of hydrogen-bond acceptors (Lipinski definition) is 5. The maximum Gasteiger partial charge on any atom is 0.407 e. The number of aromatic nitrogens is 3. The first-order valence-corrected chi connectivity index (χ1v) is 8.52. The van der Waals surface area contributed by atoms with Crippen molar-refractivity contribution in [2.24, 2.45) is 5.92 Å². The second-order valence-corrected chi connectivity index (χ2v) is 7.63. The Labute approximate surface area is 142 Å². The summed E-state index contributed by atoms with van der Waals surface area (Å²) in [6.07, 6.45) is 1.69. The summed E-state index contributed by atoms with van der Waals surface area (Å²) in [7, 11) is 0. The van der Waals surface area contributed by atoms with Crippen LogP contribution in [0.4, 0.5) is 4.79 Å². The van der Waals surface area contributed by atoms with Gasteiger partial charge in [-0.3, -0.25) is 9.88 Å². The number of alkyl carbamates (subject to hydrolysis) is 1. The number of nitrogens with one attached hydrogen (secondary N) is 3. The summed E-state index contributed by atoms with van der Waals surface area (Å²) in [5.41, 5.74) is -0.807. The Kier molecular flexibility index (Phi) is 5.69. The van der Waals surface area contributed by atoms with Gasteiger partial charge in [-0.05, 0) is 46.5 Å². The van der Waals surface area contributed by atoms with E-state index in [1.807, 2.05) is 20.8 Å². The molecule has 1 aromatic heterocycles. The number of nitrogens with zero attached hydrogens (tertiary/aromatic N) is 2. The predicted octanol–water partition coefficient (Wildman–Crippen LogP) is 1.61. The molecule has 1 aliphatic heterocycles. The molecule has 24 heavy (non-hydrogen) atoms. The smallest absolute Gasteiger partial charge is 0.407 e. The van der Waals surface area contributed by atoms with Crippen molar-refractivity contribution in [2.75, 3.05) is 6.54 Å². The van der Waals surface area contributed by atoms with Gasteiger partial charge in [-0.15, -0.1) is 0 Å². The number of rotatable bonds is 4. The molecule has 2 heterocycles. The van der Waals surface area contributed by atoms with Crippen LogP contribution in [0.5, 0.6) is 0 Å². The molecule has 0 aliphatic carbocycles. The Hall–Kier alpha value is -1.83. The number of ether oxygens (including phenoxy) is 1. The van der Waals surface area contributed by atoms with Crippen LogP contribution in [0.25, 0.3) is 0 Å². The zero-order chi connectivity index (χ0) is 17.9. The van der Waals surface area contributed by atoms with E-state index in [2.05, 4.69) is 39.2 Å². The van der Waals surface area contributed by atoms with E-state index in [1.54, 1.807) is 0 Å². The molecule has 1 saturated heterocycles. The van der Waals surface area contributed by atoms with Crippen LogP contribution in [0, 0.1) is 5.92 Å². The zero-order valence-electron chi connectivity index (χ0n) is 15.2. The molecule has 8 nitrogen and oxygen atoms in total. The van der Waals surface area contributed by atoms with Gasteiger partial charge in [0.15, 0.2) is 0 Å². The van der Waals surface area contributed by atoms with Crippen molar-refractivity contribution >= 4 is 6.09 Å². The Morgan fingerprint density at radius 3 is 2.67 bits per heavy atom. The summed E-state index contributed by atoms with van der Waals surface area (Å²) < 4.78 is 5.30. The van der Waals surface area contributed by atoms with Crippen LogP contribution >= 0.6 is 0 Å². The molecule has 3 unspecified atom stereocenters. The second-order valence-electron chi connectivity index (χ2n) is 7.63. The van der Waals surface area contributed by atoms with Gasteiger partial charge < -0.3 is 10.1 Å². The third kappa shape index (κ3) is 5.09. The van der Waals surface area contributed by atoms with E-state index < -0.39 is 11.7 Å². The van der Waals surface area contributed by atoms with Crippen molar-refractivity contribution < 1.29 is 9.53 Å². The molecule has 1 fully saturated rings. The predicted molar refractivity (Wildman–Crippen MR) is 90.6 cm³/mol. The molecule has 1 aliphatic rings. The molecule has 8 heteroatoms. The molecular weight excluding hydrogens is 310 g/mol. The van der Waals surface area contributed by atoms with E-state index in [-0.39, 0.29) is 11.7 Å². The summed E-state index contributed by atoms with van der Waals surface area (Å²) in [6, 6.07) is 0.522. The van der Waals surface area contributed by atoms with Crippen molar-refractivity contribution in [3.05, 3.63) is 16.3 Å². The Morgan fingerprint density at radius 2 is 2.08 bits per heavy atom. The number of carbonyl (C=O) groups excluding carboxylic acids is 1. The molecular formula is C16H29N5O3. The topological polar surface area (TPSA) is 103 Å². The standard InChI is InChI=1S/C16H29N5O3/c1-10-6-7-12(8-17-15(23)24-16(3,4)5)21(11(10)2)9-13-18-14(22)20-19-13/h10-12H,6-9H2,1-5H3,(H,17,23)(H2,18,19,20,22). The fourth-order valence-electron chi connectivity index (χ4n) is 3.08. The highest BCUT2D eigenvalue weighted by atomic mass is 16.6. The molecule has 3 N–H and O–H groups in total. The average Bonchev–Trinajstić information content (AvgIpc) is 2.86. The zero-order valence-corrected chi connectivity index (χ0v) is 15.2. The van der Waals surface area contributed by atoms with E-state index in [0.717, 1.165) is 12.8 Å². The molecule has 1 aromatic rings. The monoisotopic (exact) mass is 339 g/mol. The summed E-state index contributed by atoms with van der Waals surface area (Å²) in [5.74, 6) is 1.16. The number of hydrogen-bond donors (Lipinski definition) is 3. The number of carbonyl (C=O) groups is 1. The van der Waals surface area contributed by atoms with Crippen molar-refractivity contribution in [1.29, 1.82) is 0 Å². The minimum Gasteiger partial charge on any atom is -0.444 e. The van der Waals surface area contributed by atoms with Crippen LogP contribution in [-0.4, -0.2) is 50.4 Å². The van der Waals surface area contributed by atoms with E-state index in [4.69, 9.17) is 4.74 Å². The number of likely N-dealkylation sites (tertiary alicyclic amines) is 1. The SMILES string of the molecule is CC1CCC(CNC(=O)OC(C)(C)C)N(Cc2n[nH]c(=O)[nH]2)C1C. The number of H-pyrrole nitrogens is 2. The summed E-state index contributed by atoms with van der Waals surface area (Å²) in [4.78, 5) is 28.1. The van der Waals surface area contributed by atoms with Crippen molar-refractivity contribution in [2.45, 2.75) is 71.7 Å². The summed E-state index contributed by atoms with van der Waals surface area (Å²) in [5, 5.41) is 9.26. The van der Waals surface area contributed by atoms with E-state index in [0.29, 0.717) is 30.9 Å². The van der Waals surface area contributed by atoms with Crippen LogP contribution in [0.2, 0.25) is 0 Å². The lowest BCUT2D eigenvalue weighted by Crippen LogP contribution is -2.53. The number of aromatic amines is 2. The van der Waals surface area contributed by atoms with Crippen molar-refractivity contribution in [1.82, 2.24) is 25.4 Å².